The number of hydrogen-bond acceptors (Lipinski definition) is 0. The summed E-state index contributed by atoms with van der Waals surface area (Å²) >= 11 is 0. The summed E-state index contributed by atoms with van der Waals surface area (Å²) in [6.07, 6.45) is 49.3. The van der Waals surface area contributed by atoms with Gasteiger partial charge in [-0.1, -0.05) is 180 Å². The van der Waals surface area contributed by atoms with E-state index < -0.39 is 0 Å². The molecule has 7 aliphatic rings. The molecule has 0 aliphatic heterocycles. The van der Waals surface area contributed by atoms with Gasteiger partial charge in [-0.05, 0) is 140 Å². The Balaban J connectivity index is 0.000000183. The van der Waals surface area contributed by atoms with Gasteiger partial charge in [-0.15, -0.1) is 30.5 Å². The molecule has 56 heavy (non-hydrogen) atoms. The van der Waals surface area contributed by atoms with Gasteiger partial charge in [0.15, 0.2) is 0 Å². The molecule has 0 N–H and O–H groups in total. The average Bonchev–Trinajstić information content (AvgIpc) is 3.69. The Morgan fingerprint density at radius 1 is 0.357 bits per heavy atom. The van der Waals surface area contributed by atoms with Crippen LogP contribution in [0.15, 0.2) is 60.7 Å². The molecule has 0 bridgehead atoms. The van der Waals surface area contributed by atoms with E-state index in [1.165, 1.54) is 94.1 Å². The van der Waals surface area contributed by atoms with Crippen molar-refractivity contribution in [1.29, 1.82) is 0 Å². The van der Waals surface area contributed by atoms with Crippen LogP contribution in [0.2, 0.25) is 0 Å². The largest absolute Gasteiger partial charge is 0.147 e. The van der Waals surface area contributed by atoms with Crippen molar-refractivity contribution >= 4 is 52.0 Å². The van der Waals surface area contributed by atoms with E-state index >= 15 is 0 Å². The Kier molecular flexibility index (Phi) is 23.5. The zero-order valence-corrected chi connectivity index (χ0v) is 40.2. The van der Waals surface area contributed by atoms with Crippen LogP contribution in [0.3, 0.4) is 0 Å². The van der Waals surface area contributed by atoms with Crippen LogP contribution in [-0.2, 0) is 19.5 Å². The van der Waals surface area contributed by atoms with E-state index in [0.29, 0.717) is 15.8 Å². The summed E-state index contributed by atoms with van der Waals surface area (Å²) in [6, 6.07) is 18.8. The van der Waals surface area contributed by atoms with E-state index in [1.54, 1.807) is 154 Å². The maximum atomic E-state index is 3.29. The minimum atomic E-state index is 0. The van der Waals surface area contributed by atoms with Gasteiger partial charge in [0, 0.05) is 24.7 Å². The third-order valence-corrected chi connectivity index (χ3v) is 22.8. The molecule has 314 valence electrons. The molecule has 0 radical (unpaired) electrons. The molecule has 5 heteroatoms. The maximum Gasteiger partial charge on any atom is 0.0243 e. The molecule has 0 atom stereocenters. The van der Waals surface area contributed by atoms with E-state index in [0.717, 1.165) is 0 Å². The van der Waals surface area contributed by atoms with Crippen molar-refractivity contribution in [3.63, 3.8) is 0 Å². The third-order valence-electron chi connectivity index (χ3n) is 14.7. The van der Waals surface area contributed by atoms with Crippen molar-refractivity contribution in [2.75, 3.05) is 0 Å². The predicted octanol–water partition coefficient (Wildman–Crippen LogP) is 15.6. The number of benzene rings is 2. The summed E-state index contributed by atoms with van der Waals surface area (Å²) < 4.78 is 0. The van der Waals surface area contributed by atoms with Crippen LogP contribution in [-0.4, -0.2) is 34.0 Å². The van der Waals surface area contributed by atoms with Crippen LogP contribution < -0.4 is 10.4 Å². The molecule has 2 aromatic rings. The van der Waals surface area contributed by atoms with Gasteiger partial charge in [0.1, 0.15) is 0 Å². The standard InChI is InChI=1S/2C18H33P.C15H10.2ClH.Ru/c2*1-4-10-16(11-5-1)19(17-12-6-2-7-13-17)18-14-8-3-9-15-18;1-2-6-12(7-3-1)15-11-10-13-8-4-5-9-14(13)15;;;/h2*16-18H,1-15H2;1-9,11H;2*1H;. The number of fused-ring (bicyclic) bond motifs is 1. The van der Waals surface area contributed by atoms with Gasteiger partial charge in [-0.3, -0.25) is 0 Å². The summed E-state index contributed by atoms with van der Waals surface area (Å²) in [4.78, 5) is 0. The number of hydrogen-bond donors (Lipinski definition) is 0. The second kappa shape index (κ2) is 27.1. The van der Waals surface area contributed by atoms with Gasteiger partial charge in [-0.2, -0.15) is 0 Å². The second-order valence-corrected chi connectivity index (χ2v) is 24.4. The average molecular weight is 925 g/mol. The molecule has 0 saturated heterocycles. The Morgan fingerprint density at radius 3 is 0.964 bits per heavy atom. The molecular weight excluding hydrogens is 846 g/mol. The zero-order valence-electron chi connectivity index (χ0n) is 35.0. The van der Waals surface area contributed by atoms with Crippen molar-refractivity contribution in [3.8, 4) is 0 Å². The maximum absolute atomic E-state index is 3.29. The fourth-order valence-electron chi connectivity index (χ4n) is 12.0. The van der Waals surface area contributed by atoms with Crippen molar-refractivity contribution in [2.24, 2.45) is 0 Å². The van der Waals surface area contributed by atoms with Crippen LogP contribution in [0, 0.1) is 0 Å². The van der Waals surface area contributed by atoms with E-state index in [9.17, 15) is 0 Å². The predicted molar refractivity (Wildman–Crippen MR) is 252 cm³/mol. The first-order chi connectivity index (χ1) is 26.3. The normalized spacial score (nSPS) is 22.9. The van der Waals surface area contributed by atoms with Crippen LogP contribution in [0.25, 0.3) is 11.3 Å². The fraction of sp³-hybridized carbons (Fsp3) is 0.706. The topological polar surface area (TPSA) is 0 Å². The molecule has 6 fully saturated rings. The molecule has 0 amide bonds. The molecule has 2 aromatic carbocycles. The number of rotatable bonds is 7. The van der Waals surface area contributed by atoms with Gasteiger partial charge in [-0.25, -0.2) is 0 Å². The Bertz CT molecular complexity index is 1350. The second-order valence-electron chi connectivity index (χ2n) is 18.3. The van der Waals surface area contributed by atoms with Crippen LogP contribution in [0.4, 0.5) is 0 Å². The quantitative estimate of drug-likeness (QED) is 0.192. The smallest absolute Gasteiger partial charge is 0.0243 e. The van der Waals surface area contributed by atoms with Gasteiger partial charge >= 0.3 is 0 Å². The van der Waals surface area contributed by atoms with Gasteiger partial charge in [0.2, 0.25) is 0 Å². The summed E-state index contributed by atoms with van der Waals surface area (Å²) in [5.74, 6) is 0. The zero-order chi connectivity index (χ0) is 35.9. The van der Waals surface area contributed by atoms with Gasteiger partial charge in [0.25, 0.3) is 0 Å². The van der Waals surface area contributed by atoms with Crippen LogP contribution in [0.1, 0.15) is 198 Å². The first-order valence-corrected chi connectivity index (χ1v) is 26.6. The third kappa shape index (κ3) is 14.0. The number of allylic oxidation sites excluding steroid dienone is 1. The Labute approximate surface area is 372 Å². The summed E-state index contributed by atoms with van der Waals surface area (Å²) in [5.41, 5.74) is 13.0. The van der Waals surface area contributed by atoms with Gasteiger partial charge < -0.3 is 0 Å². The van der Waals surface area contributed by atoms with Crippen molar-refractivity contribution in [1.82, 2.24) is 0 Å². The number of halogens is 2. The van der Waals surface area contributed by atoms with E-state index in [2.05, 4.69) is 54.3 Å². The van der Waals surface area contributed by atoms with Crippen molar-refractivity contribution < 1.29 is 19.5 Å². The Hall–Kier alpha value is 0.0234. The fourth-order valence-corrected chi connectivity index (χ4v) is 21.3. The molecule has 0 spiro atoms. The first-order valence-electron chi connectivity index (χ1n) is 23.5. The van der Waals surface area contributed by atoms with Gasteiger partial charge in [0.05, 0.1) is 0 Å². The van der Waals surface area contributed by atoms with Crippen LogP contribution in [0.5, 0.6) is 0 Å². The minimum Gasteiger partial charge on any atom is -0.147 e. The summed E-state index contributed by atoms with van der Waals surface area (Å²) in [5, 5.41) is 2.47. The monoisotopic (exact) mass is 924 g/mol. The Morgan fingerprint density at radius 2 is 0.643 bits per heavy atom. The van der Waals surface area contributed by atoms with Crippen LogP contribution >= 0.6 is 40.7 Å². The first kappa shape index (κ1) is 48.7. The summed E-state index contributed by atoms with van der Waals surface area (Å²) in [7, 11) is 0.770. The molecule has 0 heterocycles. The van der Waals surface area contributed by atoms with E-state index in [1.807, 2.05) is 12.1 Å². The molecule has 9 rings (SSSR count). The molecule has 0 unspecified atom stereocenters. The molecule has 6 saturated carbocycles. The molecule has 7 aliphatic carbocycles. The summed E-state index contributed by atoms with van der Waals surface area (Å²) in [6.45, 7) is 0. The van der Waals surface area contributed by atoms with Crippen molar-refractivity contribution in [2.45, 2.75) is 227 Å². The van der Waals surface area contributed by atoms with E-state index in [-0.39, 0.29) is 44.3 Å². The minimum absolute atomic E-state index is 0. The SMILES string of the molecule is C1=CC(c2ccccc2)=c2ccccc2=1.C1CCC(P(C2CCCCC2)C2CCCCC2)CC1.C1CCC(P(C2CCCCC2)C2CCCCC2)CC1.Cl.Cl.[Ru]. The molecular formula is C51H78Cl2P2Ru. The van der Waals surface area contributed by atoms with Crippen molar-refractivity contribution in [3.05, 3.63) is 76.7 Å². The molecule has 0 nitrogen and oxygen atoms in total. The molecule has 0 aromatic heterocycles. The van der Waals surface area contributed by atoms with E-state index in [4.69, 9.17) is 0 Å².